The van der Waals surface area contributed by atoms with Gasteiger partial charge in [-0.15, -0.1) is 11.8 Å². The topological polar surface area (TPSA) is 35.9 Å². The fraction of sp³-hybridized carbons (Fsp3) is 0.455. The van der Waals surface area contributed by atoms with Crippen LogP contribution >= 0.6 is 11.8 Å². The van der Waals surface area contributed by atoms with Crippen LogP contribution in [0.1, 0.15) is 17.5 Å². The van der Waals surface area contributed by atoms with Crippen LogP contribution in [0.3, 0.4) is 0 Å². The summed E-state index contributed by atoms with van der Waals surface area (Å²) in [5.41, 5.74) is 1.97. The van der Waals surface area contributed by atoms with Crippen LogP contribution in [-0.2, 0) is 13.1 Å². The molecule has 0 bridgehead atoms. The van der Waals surface area contributed by atoms with E-state index in [0.29, 0.717) is 24.3 Å². The van der Waals surface area contributed by atoms with Crippen molar-refractivity contribution in [3.05, 3.63) is 59.4 Å². The number of nitrogens with zero attached hydrogens (tertiary/aromatic N) is 2. The number of ether oxygens (including phenoxy) is 1. The van der Waals surface area contributed by atoms with Crippen LogP contribution in [0.25, 0.3) is 0 Å². The van der Waals surface area contributed by atoms with E-state index in [1.54, 1.807) is 31.0 Å². The molecule has 0 radical (unpaired) electrons. The third-order valence-corrected chi connectivity index (χ3v) is 6.09. The Bertz CT molecular complexity index is 757. The molecule has 0 aromatic heterocycles. The van der Waals surface area contributed by atoms with Crippen molar-refractivity contribution in [2.45, 2.75) is 30.4 Å². The molecule has 1 fully saturated rings. The maximum absolute atomic E-state index is 14.4. The van der Waals surface area contributed by atoms with Gasteiger partial charge < -0.3 is 9.84 Å². The average Bonchev–Trinajstić information content (AvgIpc) is 2.72. The zero-order valence-electron chi connectivity index (χ0n) is 16.6. The molecular formula is C22H29FN2O2S. The lowest BCUT2D eigenvalue weighted by Crippen LogP contribution is -2.52. The van der Waals surface area contributed by atoms with Gasteiger partial charge in [0.1, 0.15) is 11.6 Å². The zero-order chi connectivity index (χ0) is 19.9. The largest absolute Gasteiger partial charge is 0.497 e. The molecule has 6 heteroatoms. The Balaban J connectivity index is 1.63. The quantitative estimate of drug-likeness (QED) is 0.680. The molecule has 0 unspecified atom stereocenters. The van der Waals surface area contributed by atoms with E-state index in [1.807, 2.05) is 0 Å². The number of aliphatic hydroxyl groups excluding tert-OH is 1. The summed E-state index contributed by atoms with van der Waals surface area (Å²) < 4.78 is 19.5. The predicted molar refractivity (Wildman–Crippen MR) is 112 cm³/mol. The first kappa shape index (κ1) is 21.1. The first-order valence-electron chi connectivity index (χ1n) is 9.65. The molecule has 1 saturated heterocycles. The molecular weight excluding hydrogens is 375 g/mol. The van der Waals surface area contributed by atoms with Crippen LogP contribution in [0.15, 0.2) is 47.4 Å². The summed E-state index contributed by atoms with van der Waals surface area (Å²) in [6.45, 7) is 4.27. The second-order valence-corrected chi connectivity index (χ2v) is 8.06. The Labute approximate surface area is 171 Å². The highest BCUT2D eigenvalue weighted by molar-refractivity contribution is 7.98. The average molecular weight is 405 g/mol. The van der Waals surface area contributed by atoms with Crippen LogP contribution in [0.2, 0.25) is 0 Å². The molecule has 1 aliphatic rings. The molecule has 152 valence electrons. The molecule has 0 aliphatic carbocycles. The van der Waals surface area contributed by atoms with E-state index < -0.39 is 0 Å². The van der Waals surface area contributed by atoms with Gasteiger partial charge in [-0.2, -0.15) is 0 Å². The second kappa shape index (κ2) is 10.3. The number of halogens is 1. The van der Waals surface area contributed by atoms with E-state index in [1.165, 1.54) is 16.5 Å². The van der Waals surface area contributed by atoms with Crippen LogP contribution in [0.5, 0.6) is 5.75 Å². The van der Waals surface area contributed by atoms with Gasteiger partial charge in [-0.1, -0.05) is 18.2 Å². The van der Waals surface area contributed by atoms with Gasteiger partial charge >= 0.3 is 0 Å². The number of hydrogen-bond donors (Lipinski definition) is 1. The van der Waals surface area contributed by atoms with E-state index in [4.69, 9.17) is 4.74 Å². The Morgan fingerprint density at radius 3 is 2.57 bits per heavy atom. The summed E-state index contributed by atoms with van der Waals surface area (Å²) >= 11 is 1.75. The smallest absolute Gasteiger partial charge is 0.131 e. The van der Waals surface area contributed by atoms with Crippen molar-refractivity contribution in [2.75, 3.05) is 39.6 Å². The lowest BCUT2D eigenvalue weighted by atomic mass is 10.1. The van der Waals surface area contributed by atoms with E-state index in [-0.39, 0.29) is 18.5 Å². The summed E-state index contributed by atoms with van der Waals surface area (Å²) in [5, 5.41) is 9.52. The highest BCUT2D eigenvalue weighted by atomic mass is 32.2. The first-order valence-corrected chi connectivity index (χ1v) is 10.9. The molecule has 0 spiro atoms. The Hall–Kier alpha value is -1.60. The second-order valence-electron chi connectivity index (χ2n) is 7.18. The lowest BCUT2D eigenvalue weighted by Gasteiger charge is -2.41. The molecule has 28 heavy (non-hydrogen) atoms. The third kappa shape index (κ3) is 5.47. The highest BCUT2D eigenvalue weighted by Gasteiger charge is 2.27. The summed E-state index contributed by atoms with van der Waals surface area (Å²) in [7, 11) is 1.54. The number of piperazine rings is 1. The van der Waals surface area contributed by atoms with Crippen molar-refractivity contribution in [1.29, 1.82) is 0 Å². The molecule has 1 aliphatic heterocycles. The summed E-state index contributed by atoms with van der Waals surface area (Å²) in [6.07, 6.45) is 2.78. The van der Waals surface area contributed by atoms with Crippen LogP contribution in [-0.4, -0.2) is 60.6 Å². The van der Waals surface area contributed by atoms with E-state index in [0.717, 1.165) is 26.2 Å². The Morgan fingerprint density at radius 2 is 1.93 bits per heavy atom. The standard InChI is InChI=1S/C22H29FN2O2S/c1-27-20-6-5-18(22(23)13-20)15-25-11-10-24(16-19(25)9-12-26)14-17-3-7-21(28-2)8-4-17/h3-8,13,19,26H,9-12,14-16H2,1-2H3/t19-/m0/s1. The van der Waals surface area contributed by atoms with E-state index in [9.17, 15) is 9.50 Å². The predicted octanol–water partition coefficient (Wildman–Crippen LogP) is 3.63. The first-order chi connectivity index (χ1) is 13.6. The van der Waals surface area contributed by atoms with E-state index >= 15 is 0 Å². The van der Waals surface area contributed by atoms with Gasteiger partial charge in [-0.3, -0.25) is 9.80 Å². The third-order valence-electron chi connectivity index (χ3n) is 5.35. The molecule has 3 rings (SSSR count). The molecule has 2 aromatic rings. The van der Waals surface area contributed by atoms with Gasteiger partial charge in [-0.25, -0.2) is 4.39 Å². The van der Waals surface area contributed by atoms with Gasteiger partial charge in [0.2, 0.25) is 0 Å². The van der Waals surface area contributed by atoms with Crippen LogP contribution < -0.4 is 4.74 Å². The lowest BCUT2D eigenvalue weighted by molar-refractivity contribution is 0.0493. The van der Waals surface area contributed by atoms with E-state index in [2.05, 4.69) is 40.3 Å². The van der Waals surface area contributed by atoms with Crippen LogP contribution in [0, 0.1) is 5.82 Å². The maximum Gasteiger partial charge on any atom is 0.131 e. The molecule has 2 aromatic carbocycles. The fourth-order valence-corrected chi connectivity index (χ4v) is 4.13. The van der Waals surface area contributed by atoms with Gasteiger partial charge in [-0.05, 0) is 36.4 Å². The van der Waals surface area contributed by atoms with Gasteiger partial charge in [0, 0.05) is 61.9 Å². The normalized spacial score (nSPS) is 18.4. The van der Waals surface area contributed by atoms with Crippen LogP contribution in [0.4, 0.5) is 4.39 Å². The molecule has 1 heterocycles. The van der Waals surface area contributed by atoms with Crippen molar-refractivity contribution in [3.63, 3.8) is 0 Å². The number of benzene rings is 2. The highest BCUT2D eigenvalue weighted by Crippen LogP contribution is 2.22. The van der Waals surface area contributed by atoms with Crippen molar-refractivity contribution >= 4 is 11.8 Å². The van der Waals surface area contributed by atoms with Crippen molar-refractivity contribution < 1.29 is 14.2 Å². The van der Waals surface area contributed by atoms with Crippen molar-refractivity contribution in [2.24, 2.45) is 0 Å². The molecule has 0 saturated carbocycles. The van der Waals surface area contributed by atoms with Crippen molar-refractivity contribution in [1.82, 2.24) is 9.80 Å². The zero-order valence-corrected chi connectivity index (χ0v) is 17.4. The Morgan fingerprint density at radius 1 is 1.14 bits per heavy atom. The number of methoxy groups -OCH3 is 1. The van der Waals surface area contributed by atoms with Gasteiger partial charge in [0.15, 0.2) is 0 Å². The van der Waals surface area contributed by atoms with Crippen molar-refractivity contribution in [3.8, 4) is 5.75 Å². The van der Waals surface area contributed by atoms with Gasteiger partial charge in [0.05, 0.1) is 7.11 Å². The maximum atomic E-state index is 14.4. The minimum absolute atomic E-state index is 0.141. The Kier molecular flexibility index (Phi) is 7.73. The summed E-state index contributed by atoms with van der Waals surface area (Å²) in [6, 6.07) is 13.9. The minimum atomic E-state index is -0.238. The number of hydrogen-bond acceptors (Lipinski definition) is 5. The minimum Gasteiger partial charge on any atom is -0.497 e. The molecule has 1 atom stereocenters. The number of thioether (sulfide) groups is 1. The molecule has 0 amide bonds. The summed E-state index contributed by atoms with van der Waals surface area (Å²) in [5.74, 6) is 0.295. The molecule has 1 N–H and O–H groups in total. The SMILES string of the molecule is COc1ccc(CN2CCN(Cc3ccc(SC)cc3)C[C@@H]2CCO)c(F)c1. The fourth-order valence-electron chi connectivity index (χ4n) is 3.72. The number of rotatable bonds is 8. The molecule has 4 nitrogen and oxygen atoms in total. The monoisotopic (exact) mass is 404 g/mol. The summed E-state index contributed by atoms with van der Waals surface area (Å²) in [4.78, 5) is 5.98. The number of aliphatic hydroxyl groups is 1. The van der Waals surface area contributed by atoms with Gasteiger partial charge in [0.25, 0.3) is 0 Å².